The topological polar surface area (TPSA) is 26.3 Å². The van der Waals surface area contributed by atoms with Crippen molar-refractivity contribution in [1.82, 2.24) is 0 Å². The molecule has 2 nitrogen and oxygen atoms in total. The van der Waals surface area contributed by atoms with Gasteiger partial charge in [0.25, 0.3) is 0 Å². The van der Waals surface area contributed by atoms with Crippen LogP contribution in [0.1, 0.15) is 17.5 Å². The fourth-order valence-corrected chi connectivity index (χ4v) is 1.88. The molecule has 19 heavy (non-hydrogen) atoms. The van der Waals surface area contributed by atoms with Gasteiger partial charge in [-0.25, -0.2) is 0 Å². The molecule has 0 amide bonds. The maximum Gasteiger partial charge on any atom is 0.416 e. The third-order valence-corrected chi connectivity index (χ3v) is 2.83. The van der Waals surface area contributed by atoms with Crippen LogP contribution in [0.3, 0.4) is 0 Å². The highest BCUT2D eigenvalue weighted by molar-refractivity contribution is 6.37. The summed E-state index contributed by atoms with van der Waals surface area (Å²) in [5, 5.41) is -0.276. The normalized spacial score (nSPS) is 11.9. The minimum absolute atomic E-state index is 0.0236. The van der Waals surface area contributed by atoms with Gasteiger partial charge in [-0.15, -0.1) is 0 Å². The van der Waals surface area contributed by atoms with Crippen molar-refractivity contribution in [3.05, 3.63) is 39.4 Å². The minimum Gasteiger partial charge on any atom is -0.469 e. The van der Waals surface area contributed by atoms with Gasteiger partial charge in [0.15, 0.2) is 0 Å². The van der Waals surface area contributed by atoms with Gasteiger partial charge in [0.2, 0.25) is 0 Å². The number of carbonyl (C=O) groups is 1. The molecule has 0 heterocycles. The van der Waals surface area contributed by atoms with Crippen LogP contribution in [0.2, 0.25) is 10.0 Å². The summed E-state index contributed by atoms with van der Waals surface area (Å²) in [7, 11) is 1.23. The number of hydrogen-bond donors (Lipinski definition) is 0. The smallest absolute Gasteiger partial charge is 0.416 e. The summed E-state index contributed by atoms with van der Waals surface area (Å²) in [6.45, 7) is 0. The molecule has 0 radical (unpaired) electrons. The summed E-state index contributed by atoms with van der Waals surface area (Å²) in [6.07, 6.45) is -1.75. The van der Waals surface area contributed by atoms with E-state index in [1.54, 1.807) is 0 Å². The van der Waals surface area contributed by atoms with E-state index in [2.05, 4.69) is 4.74 Å². The monoisotopic (exact) mass is 312 g/mol. The van der Waals surface area contributed by atoms with Gasteiger partial charge in [0, 0.05) is 15.6 Å². The van der Waals surface area contributed by atoms with E-state index in [1.807, 2.05) is 0 Å². The van der Waals surface area contributed by atoms with Gasteiger partial charge >= 0.3 is 12.1 Å². The molecule has 0 aliphatic rings. The van der Waals surface area contributed by atoms with E-state index >= 15 is 0 Å². The quantitative estimate of drug-likeness (QED) is 0.763. The van der Waals surface area contributed by atoms with Gasteiger partial charge in [-0.3, -0.25) is 4.79 Å². The van der Waals surface area contributed by atoms with Crippen LogP contribution >= 0.6 is 23.2 Å². The molecule has 0 bridgehead atoms. The van der Waals surface area contributed by atoms with Gasteiger partial charge in [-0.2, -0.15) is 13.2 Å². The van der Waals surface area contributed by atoms with Crippen molar-refractivity contribution in [1.29, 1.82) is 0 Å². The average molecular weight is 313 g/mol. The van der Waals surface area contributed by atoms with Crippen LogP contribution in [-0.2, 0) is 15.7 Å². The average Bonchev–Trinajstić information content (AvgIpc) is 2.30. The summed E-state index contributed by atoms with van der Waals surface area (Å²) in [5.41, 5.74) is -0.701. The third-order valence-electron chi connectivity index (χ3n) is 2.20. The highest BCUT2D eigenvalue weighted by atomic mass is 35.5. The first kappa shape index (κ1) is 15.9. The zero-order valence-corrected chi connectivity index (χ0v) is 11.2. The van der Waals surface area contributed by atoms with Crippen LogP contribution in [0.4, 0.5) is 13.2 Å². The Labute approximate surface area is 117 Å². The van der Waals surface area contributed by atoms with Crippen molar-refractivity contribution in [3.8, 4) is 0 Å². The lowest BCUT2D eigenvalue weighted by Crippen LogP contribution is -2.05. The van der Waals surface area contributed by atoms with E-state index < -0.39 is 17.7 Å². The van der Waals surface area contributed by atoms with Gasteiger partial charge in [-0.05, 0) is 12.1 Å². The lowest BCUT2D eigenvalue weighted by molar-refractivity contribution is -0.139. The van der Waals surface area contributed by atoms with Gasteiger partial charge in [0.05, 0.1) is 19.1 Å². The summed E-state index contributed by atoms with van der Waals surface area (Å²) in [4.78, 5) is 10.9. The predicted octanol–water partition coefficient (Wildman–Crippen LogP) is 4.59. The number of halogens is 5. The summed E-state index contributed by atoms with van der Waals surface area (Å²) >= 11 is 11.5. The zero-order valence-electron chi connectivity index (χ0n) is 9.72. The van der Waals surface area contributed by atoms with Crippen molar-refractivity contribution in [3.63, 3.8) is 0 Å². The second-order valence-electron chi connectivity index (χ2n) is 3.53. The molecule has 0 spiro atoms. The molecule has 7 heteroatoms. The Morgan fingerprint density at radius 2 is 1.84 bits per heavy atom. The minimum atomic E-state index is -4.51. The molecule has 0 fully saturated rings. The van der Waals surface area contributed by atoms with Crippen LogP contribution in [0, 0.1) is 0 Å². The van der Waals surface area contributed by atoms with Crippen molar-refractivity contribution in [2.24, 2.45) is 0 Å². The molecule has 0 aliphatic carbocycles. The fraction of sp³-hybridized carbons (Fsp3) is 0.250. The maximum atomic E-state index is 12.5. The van der Waals surface area contributed by atoms with E-state index in [-0.39, 0.29) is 22.0 Å². The molecule has 0 aliphatic heterocycles. The lowest BCUT2D eigenvalue weighted by Gasteiger charge is -2.10. The standard InChI is InChI=1S/C12H9Cl2F3O2/c1-19-11(18)4-2-3-8-9(13)5-7(6-10(8)14)12(15,16)17/h2-3,5-6H,4H2,1H3. The molecule has 0 unspecified atom stereocenters. The summed E-state index contributed by atoms with van der Waals surface area (Å²) in [5.74, 6) is -0.476. The second kappa shape index (κ2) is 6.30. The molecule has 0 aromatic heterocycles. The highest BCUT2D eigenvalue weighted by Crippen LogP contribution is 2.36. The first-order chi connectivity index (χ1) is 8.75. The number of carbonyl (C=O) groups excluding carboxylic acids is 1. The summed E-state index contributed by atoms with van der Waals surface area (Å²) < 4.78 is 41.9. The van der Waals surface area contributed by atoms with E-state index in [0.717, 1.165) is 12.1 Å². The Morgan fingerprint density at radius 3 is 2.26 bits per heavy atom. The highest BCUT2D eigenvalue weighted by Gasteiger charge is 2.31. The molecule has 1 aromatic carbocycles. The Balaban J connectivity index is 3.01. The number of esters is 1. The Kier molecular flexibility index (Phi) is 5.26. The Morgan fingerprint density at radius 1 is 1.32 bits per heavy atom. The Bertz CT molecular complexity index is 487. The van der Waals surface area contributed by atoms with Crippen LogP contribution in [0.15, 0.2) is 18.2 Å². The number of rotatable bonds is 3. The third kappa shape index (κ3) is 4.44. The van der Waals surface area contributed by atoms with Crippen LogP contribution in [-0.4, -0.2) is 13.1 Å². The number of methoxy groups -OCH3 is 1. The number of ether oxygens (including phenoxy) is 1. The lowest BCUT2D eigenvalue weighted by atomic mass is 10.1. The van der Waals surface area contributed by atoms with E-state index in [9.17, 15) is 18.0 Å². The zero-order chi connectivity index (χ0) is 14.6. The molecule has 1 aromatic rings. The van der Waals surface area contributed by atoms with E-state index in [1.165, 1.54) is 19.3 Å². The molecule has 1 rings (SSSR count). The van der Waals surface area contributed by atoms with Crippen LogP contribution < -0.4 is 0 Å². The van der Waals surface area contributed by atoms with E-state index in [0.29, 0.717) is 0 Å². The fourth-order valence-electron chi connectivity index (χ4n) is 1.26. The van der Waals surface area contributed by atoms with Crippen molar-refractivity contribution in [2.75, 3.05) is 7.11 Å². The Hall–Kier alpha value is -1.20. The van der Waals surface area contributed by atoms with Crippen molar-refractivity contribution in [2.45, 2.75) is 12.6 Å². The first-order valence-corrected chi connectivity index (χ1v) is 5.81. The van der Waals surface area contributed by atoms with Crippen LogP contribution in [0.25, 0.3) is 6.08 Å². The molecular weight excluding hydrogens is 304 g/mol. The molecule has 104 valence electrons. The number of alkyl halides is 3. The largest absolute Gasteiger partial charge is 0.469 e. The van der Waals surface area contributed by atoms with Crippen LogP contribution in [0.5, 0.6) is 0 Å². The first-order valence-electron chi connectivity index (χ1n) is 5.05. The molecule has 0 saturated carbocycles. The molecule has 0 saturated heterocycles. The SMILES string of the molecule is COC(=O)CC=Cc1c(Cl)cc(C(F)(F)F)cc1Cl. The van der Waals surface area contributed by atoms with Gasteiger partial charge in [0.1, 0.15) is 0 Å². The number of benzene rings is 1. The van der Waals surface area contributed by atoms with Gasteiger partial charge in [-0.1, -0.05) is 35.4 Å². The molecular formula is C12H9Cl2F3O2. The molecule has 0 N–H and O–H groups in total. The number of hydrogen-bond acceptors (Lipinski definition) is 2. The van der Waals surface area contributed by atoms with Gasteiger partial charge < -0.3 is 4.74 Å². The van der Waals surface area contributed by atoms with Crippen molar-refractivity contribution < 1.29 is 22.7 Å². The van der Waals surface area contributed by atoms with E-state index in [4.69, 9.17) is 23.2 Å². The maximum absolute atomic E-state index is 12.5. The second-order valence-corrected chi connectivity index (χ2v) is 4.35. The predicted molar refractivity (Wildman–Crippen MR) is 67.1 cm³/mol. The van der Waals surface area contributed by atoms with Crippen molar-refractivity contribution >= 4 is 35.2 Å². The summed E-state index contributed by atoms with van der Waals surface area (Å²) in [6, 6.07) is 1.57. The molecule has 0 atom stereocenters.